The third-order valence-electron chi connectivity index (χ3n) is 2.81. The van der Waals surface area contributed by atoms with E-state index in [1.165, 1.54) is 16.5 Å². The van der Waals surface area contributed by atoms with Gasteiger partial charge in [0.05, 0.1) is 0 Å². The van der Waals surface area contributed by atoms with Gasteiger partial charge < -0.3 is 4.90 Å². The van der Waals surface area contributed by atoms with E-state index in [0.29, 0.717) is 11.8 Å². The monoisotopic (exact) mass is 267 g/mol. The highest BCUT2D eigenvalue weighted by Crippen LogP contribution is 2.22. The summed E-state index contributed by atoms with van der Waals surface area (Å²) in [6.45, 7) is 1.65. The third kappa shape index (κ3) is 3.05. The van der Waals surface area contributed by atoms with Crippen molar-refractivity contribution in [1.29, 1.82) is 0 Å². The Morgan fingerprint density at radius 2 is 1.47 bits per heavy atom. The Morgan fingerprint density at radius 3 is 2.12 bits per heavy atom. The number of benzene rings is 2. The fraction of sp³-hybridized carbons (Fsp3) is 0.286. The highest BCUT2D eigenvalue weighted by atomic mass is 35.5. The first-order valence-electron chi connectivity index (χ1n) is 5.71. The van der Waals surface area contributed by atoms with Crippen molar-refractivity contribution in [1.82, 2.24) is 0 Å². The summed E-state index contributed by atoms with van der Waals surface area (Å²) < 4.78 is 0. The lowest BCUT2D eigenvalue weighted by Gasteiger charge is -2.23. The van der Waals surface area contributed by atoms with Gasteiger partial charge in [-0.05, 0) is 22.9 Å². The van der Waals surface area contributed by atoms with E-state index in [0.717, 1.165) is 13.1 Å². The highest BCUT2D eigenvalue weighted by molar-refractivity contribution is 6.18. The van der Waals surface area contributed by atoms with Gasteiger partial charge in [0.1, 0.15) is 0 Å². The van der Waals surface area contributed by atoms with E-state index >= 15 is 0 Å². The average molecular weight is 268 g/mol. The first kappa shape index (κ1) is 12.5. The molecule has 0 heterocycles. The normalized spacial score (nSPS) is 10.7. The largest absolute Gasteiger partial charge is 0.369 e. The zero-order chi connectivity index (χ0) is 12.1. The summed E-state index contributed by atoms with van der Waals surface area (Å²) >= 11 is 11.6. The van der Waals surface area contributed by atoms with Crippen LogP contribution in [0.25, 0.3) is 10.8 Å². The molecule has 1 nitrogen and oxygen atoms in total. The zero-order valence-electron chi connectivity index (χ0n) is 9.57. The van der Waals surface area contributed by atoms with Gasteiger partial charge in [-0.2, -0.15) is 0 Å². The van der Waals surface area contributed by atoms with Gasteiger partial charge in [0.2, 0.25) is 0 Å². The highest BCUT2D eigenvalue weighted by Gasteiger charge is 2.05. The maximum atomic E-state index is 5.82. The number of alkyl halides is 2. The van der Waals surface area contributed by atoms with E-state index in [4.69, 9.17) is 23.2 Å². The predicted molar refractivity (Wildman–Crippen MR) is 77.6 cm³/mol. The van der Waals surface area contributed by atoms with Crippen molar-refractivity contribution < 1.29 is 0 Å². The molecule has 3 heteroatoms. The van der Waals surface area contributed by atoms with Gasteiger partial charge in [0.25, 0.3) is 0 Å². The number of nitrogens with zero attached hydrogens (tertiary/aromatic N) is 1. The van der Waals surface area contributed by atoms with Crippen LogP contribution in [-0.2, 0) is 0 Å². The van der Waals surface area contributed by atoms with E-state index < -0.39 is 0 Å². The number of halogens is 2. The van der Waals surface area contributed by atoms with E-state index in [1.807, 2.05) is 0 Å². The van der Waals surface area contributed by atoms with Crippen LogP contribution >= 0.6 is 23.2 Å². The van der Waals surface area contributed by atoms with E-state index in [9.17, 15) is 0 Å². The number of hydrogen-bond acceptors (Lipinski definition) is 1. The summed E-state index contributed by atoms with van der Waals surface area (Å²) in [6, 6.07) is 14.8. The molecule has 0 radical (unpaired) electrons. The van der Waals surface area contributed by atoms with Gasteiger partial charge in [0.15, 0.2) is 0 Å². The molecule has 17 heavy (non-hydrogen) atoms. The molecule has 2 aromatic carbocycles. The fourth-order valence-electron chi connectivity index (χ4n) is 1.95. The summed E-state index contributed by atoms with van der Waals surface area (Å²) in [4.78, 5) is 2.21. The maximum absolute atomic E-state index is 5.82. The number of rotatable bonds is 5. The van der Waals surface area contributed by atoms with Crippen LogP contribution in [0.3, 0.4) is 0 Å². The molecule has 0 N–H and O–H groups in total. The Hall–Kier alpha value is -0.920. The average Bonchev–Trinajstić information content (AvgIpc) is 2.38. The van der Waals surface area contributed by atoms with Crippen molar-refractivity contribution in [2.45, 2.75) is 0 Å². The Bertz CT molecular complexity index is 478. The zero-order valence-corrected chi connectivity index (χ0v) is 11.1. The molecule has 0 saturated heterocycles. The van der Waals surface area contributed by atoms with E-state index in [1.54, 1.807) is 0 Å². The predicted octanol–water partition coefficient (Wildman–Crippen LogP) is 4.12. The van der Waals surface area contributed by atoms with Gasteiger partial charge in [-0.15, -0.1) is 23.2 Å². The van der Waals surface area contributed by atoms with Gasteiger partial charge >= 0.3 is 0 Å². The Balaban J connectivity index is 2.32. The SMILES string of the molecule is ClCCN(CCCl)c1ccc2ccccc2c1. The number of hydrogen-bond donors (Lipinski definition) is 0. The smallest absolute Gasteiger partial charge is 0.0399 e. The van der Waals surface area contributed by atoms with E-state index in [2.05, 4.69) is 47.4 Å². The second kappa shape index (κ2) is 6.13. The minimum atomic E-state index is 0.615. The first-order chi connectivity index (χ1) is 8.35. The molecular weight excluding hydrogens is 253 g/mol. The molecule has 0 saturated carbocycles. The summed E-state index contributed by atoms with van der Waals surface area (Å²) in [5, 5.41) is 2.51. The summed E-state index contributed by atoms with van der Waals surface area (Å²) in [7, 11) is 0. The molecular formula is C14H15Cl2N. The maximum Gasteiger partial charge on any atom is 0.0399 e. The fourth-order valence-corrected chi connectivity index (χ4v) is 2.36. The van der Waals surface area contributed by atoms with Gasteiger partial charge in [0, 0.05) is 30.5 Å². The lowest BCUT2D eigenvalue weighted by Crippen LogP contribution is -2.27. The first-order valence-corrected chi connectivity index (χ1v) is 6.78. The van der Waals surface area contributed by atoms with Gasteiger partial charge in [-0.25, -0.2) is 0 Å². The van der Waals surface area contributed by atoms with Crippen LogP contribution in [0.2, 0.25) is 0 Å². The van der Waals surface area contributed by atoms with Gasteiger partial charge in [-0.3, -0.25) is 0 Å². The van der Waals surface area contributed by atoms with Crippen LogP contribution in [0.4, 0.5) is 5.69 Å². The molecule has 90 valence electrons. The van der Waals surface area contributed by atoms with Crippen molar-refractivity contribution in [3.05, 3.63) is 42.5 Å². The Labute approximate surface area is 112 Å². The van der Waals surface area contributed by atoms with Gasteiger partial charge in [-0.1, -0.05) is 30.3 Å². The van der Waals surface area contributed by atoms with Crippen LogP contribution in [0.15, 0.2) is 42.5 Å². The third-order valence-corrected chi connectivity index (χ3v) is 3.15. The lowest BCUT2D eigenvalue weighted by molar-refractivity contribution is 0.875. The molecule has 0 fully saturated rings. The standard InChI is InChI=1S/C14H15Cl2N/c15-7-9-17(10-8-16)14-6-5-12-3-1-2-4-13(12)11-14/h1-6,11H,7-10H2. The van der Waals surface area contributed by atoms with E-state index in [-0.39, 0.29) is 0 Å². The number of fused-ring (bicyclic) bond motifs is 1. The van der Waals surface area contributed by atoms with Crippen LogP contribution in [-0.4, -0.2) is 24.8 Å². The molecule has 0 aliphatic carbocycles. The molecule has 2 aromatic rings. The second-order valence-electron chi connectivity index (χ2n) is 3.90. The quantitative estimate of drug-likeness (QED) is 0.737. The molecule has 0 aliphatic rings. The number of anilines is 1. The second-order valence-corrected chi connectivity index (χ2v) is 4.65. The summed E-state index contributed by atoms with van der Waals surface area (Å²) in [6.07, 6.45) is 0. The van der Waals surface area contributed by atoms with Crippen LogP contribution < -0.4 is 4.90 Å². The molecule has 2 rings (SSSR count). The van der Waals surface area contributed by atoms with Crippen molar-refractivity contribution in [3.8, 4) is 0 Å². The van der Waals surface area contributed by atoms with Crippen molar-refractivity contribution in [2.75, 3.05) is 29.7 Å². The molecule has 0 amide bonds. The molecule has 0 aromatic heterocycles. The van der Waals surface area contributed by atoms with Crippen molar-refractivity contribution >= 4 is 39.7 Å². The summed E-state index contributed by atoms with van der Waals surface area (Å²) in [5.74, 6) is 1.23. The molecule has 0 aliphatic heterocycles. The lowest BCUT2D eigenvalue weighted by atomic mass is 10.1. The van der Waals surface area contributed by atoms with Crippen molar-refractivity contribution in [2.24, 2.45) is 0 Å². The van der Waals surface area contributed by atoms with Crippen LogP contribution in [0.1, 0.15) is 0 Å². The Kier molecular flexibility index (Phi) is 4.52. The molecule has 0 unspecified atom stereocenters. The Morgan fingerprint density at radius 1 is 0.824 bits per heavy atom. The molecule has 0 atom stereocenters. The molecule has 0 bridgehead atoms. The van der Waals surface area contributed by atoms with Crippen molar-refractivity contribution in [3.63, 3.8) is 0 Å². The van der Waals surface area contributed by atoms with Crippen LogP contribution in [0, 0.1) is 0 Å². The summed E-state index contributed by atoms with van der Waals surface area (Å²) in [5.41, 5.74) is 1.19. The van der Waals surface area contributed by atoms with Crippen LogP contribution in [0.5, 0.6) is 0 Å². The molecule has 0 spiro atoms. The minimum absolute atomic E-state index is 0.615. The topological polar surface area (TPSA) is 3.24 Å². The minimum Gasteiger partial charge on any atom is -0.369 e.